The van der Waals surface area contributed by atoms with Gasteiger partial charge in [0.1, 0.15) is 0 Å². The van der Waals surface area contributed by atoms with Gasteiger partial charge in [-0.05, 0) is 5.56 Å². The van der Waals surface area contributed by atoms with Crippen molar-refractivity contribution < 1.29 is 14.6 Å². The minimum absolute atomic E-state index is 0.0508. The van der Waals surface area contributed by atoms with Gasteiger partial charge in [0, 0.05) is 11.6 Å². The maximum Gasteiger partial charge on any atom is 0.320 e. The molecule has 0 aliphatic carbocycles. The minimum atomic E-state index is -0.0508. The third-order valence-corrected chi connectivity index (χ3v) is 2.54. The number of benzene rings is 1. The molecule has 5 heteroatoms. The Balaban J connectivity index is 2.55. The molecule has 5 nitrogen and oxygen atoms in total. The Morgan fingerprint density at radius 2 is 1.89 bits per heavy atom. The van der Waals surface area contributed by atoms with Crippen molar-refractivity contribution in [3.63, 3.8) is 0 Å². The summed E-state index contributed by atoms with van der Waals surface area (Å²) >= 11 is 0. The van der Waals surface area contributed by atoms with Crippen LogP contribution in [0.5, 0.6) is 11.9 Å². The fourth-order valence-electron chi connectivity index (χ4n) is 1.65. The molecule has 0 unspecified atom stereocenters. The Morgan fingerprint density at radius 3 is 2.56 bits per heavy atom. The summed E-state index contributed by atoms with van der Waals surface area (Å²) in [4.78, 5) is 8.29. The van der Waals surface area contributed by atoms with Crippen molar-refractivity contribution in [2.24, 2.45) is 0 Å². The highest BCUT2D eigenvalue weighted by Gasteiger charge is 2.10. The SMILES string of the molecule is COc1cc(-c2ccccc2CO)nc(OC)n1. The van der Waals surface area contributed by atoms with Crippen LogP contribution in [0.1, 0.15) is 5.56 Å². The molecule has 0 aliphatic rings. The van der Waals surface area contributed by atoms with Crippen LogP contribution in [-0.4, -0.2) is 29.3 Å². The summed E-state index contributed by atoms with van der Waals surface area (Å²) in [5.74, 6) is 0.421. The zero-order chi connectivity index (χ0) is 13.0. The third-order valence-electron chi connectivity index (χ3n) is 2.54. The van der Waals surface area contributed by atoms with Gasteiger partial charge in [-0.3, -0.25) is 0 Å². The number of rotatable bonds is 4. The van der Waals surface area contributed by atoms with E-state index in [2.05, 4.69) is 9.97 Å². The van der Waals surface area contributed by atoms with Gasteiger partial charge < -0.3 is 14.6 Å². The van der Waals surface area contributed by atoms with Crippen LogP contribution in [0.2, 0.25) is 0 Å². The lowest BCUT2D eigenvalue weighted by Gasteiger charge is -2.09. The van der Waals surface area contributed by atoms with E-state index in [1.165, 1.54) is 14.2 Å². The van der Waals surface area contributed by atoms with Gasteiger partial charge >= 0.3 is 6.01 Å². The summed E-state index contributed by atoms with van der Waals surface area (Å²) < 4.78 is 10.1. The first kappa shape index (κ1) is 12.3. The van der Waals surface area contributed by atoms with Crippen LogP contribution in [0.3, 0.4) is 0 Å². The summed E-state index contributed by atoms with van der Waals surface area (Å²) in [7, 11) is 3.03. The highest BCUT2D eigenvalue weighted by molar-refractivity contribution is 5.64. The smallest absolute Gasteiger partial charge is 0.320 e. The van der Waals surface area contributed by atoms with E-state index >= 15 is 0 Å². The van der Waals surface area contributed by atoms with E-state index in [0.717, 1.165) is 11.1 Å². The number of aliphatic hydroxyl groups is 1. The minimum Gasteiger partial charge on any atom is -0.481 e. The fourth-order valence-corrected chi connectivity index (χ4v) is 1.65. The average molecular weight is 246 g/mol. The van der Waals surface area contributed by atoms with E-state index in [1.54, 1.807) is 6.07 Å². The molecule has 0 fully saturated rings. The molecule has 1 N–H and O–H groups in total. The Morgan fingerprint density at radius 1 is 1.11 bits per heavy atom. The van der Waals surface area contributed by atoms with E-state index in [1.807, 2.05) is 24.3 Å². The summed E-state index contributed by atoms with van der Waals surface area (Å²) in [6, 6.07) is 9.41. The van der Waals surface area contributed by atoms with Gasteiger partial charge in [0.05, 0.1) is 26.5 Å². The molecule has 0 amide bonds. The predicted octanol–water partition coefficient (Wildman–Crippen LogP) is 1.65. The van der Waals surface area contributed by atoms with Gasteiger partial charge in [0.25, 0.3) is 0 Å². The molecule has 0 atom stereocenters. The van der Waals surface area contributed by atoms with Gasteiger partial charge in [-0.1, -0.05) is 24.3 Å². The maximum atomic E-state index is 9.33. The molecule has 0 spiro atoms. The fraction of sp³-hybridized carbons (Fsp3) is 0.231. The number of ether oxygens (including phenoxy) is 2. The second kappa shape index (κ2) is 5.46. The van der Waals surface area contributed by atoms with Gasteiger partial charge in [-0.25, -0.2) is 0 Å². The van der Waals surface area contributed by atoms with Gasteiger partial charge in [0.15, 0.2) is 0 Å². The monoisotopic (exact) mass is 246 g/mol. The molecule has 1 heterocycles. The van der Waals surface area contributed by atoms with Gasteiger partial charge in [-0.2, -0.15) is 9.97 Å². The van der Waals surface area contributed by atoms with Crippen molar-refractivity contribution in [2.75, 3.05) is 14.2 Å². The highest BCUT2D eigenvalue weighted by Crippen LogP contribution is 2.26. The zero-order valence-electron chi connectivity index (χ0n) is 10.3. The van der Waals surface area contributed by atoms with Crippen LogP contribution in [-0.2, 0) is 6.61 Å². The number of aromatic nitrogens is 2. The van der Waals surface area contributed by atoms with Crippen LogP contribution >= 0.6 is 0 Å². The van der Waals surface area contributed by atoms with Crippen molar-refractivity contribution in [3.8, 4) is 23.1 Å². The molecule has 0 saturated heterocycles. The Labute approximate surface area is 105 Å². The maximum absolute atomic E-state index is 9.33. The number of nitrogens with zero attached hydrogens (tertiary/aromatic N) is 2. The lowest BCUT2D eigenvalue weighted by Crippen LogP contribution is -1.98. The molecule has 1 aromatic heterocycles. The Hall–Kier alpha value is -2.14. The van der Waals surface area contributed by atoms with Crippen LogP contribution in [0, 0.1) is 0 Å². The van der Waals surface area contributed by atoms with E-state index in [4.69, 9.17) is 9.47 Å². The van der Waals surface area contributed by atoms with Crippen LogP contribution in [0.4, 0.5) is 0 Å². The highest BCUT2D eigenvalue weighted by atomic mass is 16.5. The van der Waals surface area contributed by atoms with Crippen LogP contribution < -0.4 is 9.47 Å². The van der Waals surface area contributed by atoms with Crippen LogP contribution in [0.25, 0.3) is 11.3 Å². The zero-order valence-corrected chi connectivity index (χ0v) is 10.3. The van der Waals surface area contributed by atoms with Crippen molar-refractivity contribution in [3.05, 3.63) is 35.9 Å². The quantitative estimate of drug-likeness (QED) is 0.888. The van der Waals surface area contributed by atoms with Crippen molar-refractivity contribution in [2.45, 2.75) is 6.61 Å². The molecule has 0 aliphatic heterocycles. The molecular formula is C13H14N2O3. The number of aliphatic hydroxyl groups excluding tert-OH is 1. The van der Waals surface area contributed by atoms with Crippen molar-refractivity contribution in [1.82, 2.24) is 9.97 Å². The summed E-state index contributed by atoms with van der Waals surface area (Å²) in [5.41, 5.74) is 2.28. The summed E-state index contributed by atoms with van der Waals surface area (Å²) in [6.45, 7) is -0.0508. The van der Waals surface area contributed by atoms with Gasteiger partial charge in [-0.15, -0.1) is 0 Å². The molecule has 18 heavy (non-hydrogen) atoms. The summed E-state index contributed by atoms with van der Waals surface area (Å²) in [5, 5.41) is 9.33. The third kappa shape index (κ3) is 2.41. The second-order valence-corrected chi connectivity index (χ2v) is 3.60. The Bertz CT molecular complexity index is 521. The van der Waals surface area contributed by atoms with E-state index in [9.17, 15) is 5.11 Å². The number of hydrogen-bond donors (Lipinski definition) is 1. The topological polar surface area (TPSA) is 64.5 Å². The standard InChI is InChI=1S/C13H14N2O3/c1-17-12-7-11(14-13(15-12)18-2)10-6-4-3-5-9(10)8-16/h3-7,16H,8H2,1-2H3. The first-order chi connectivity index (χ1) is 8.78. The largest absolute Gasteiger partial charge is 0.481 e. The Kier molecular flexibility index (Phi) is 3.74. The van der Waals surface area contributed by atoms with Gasteiger partial charge in [0.2, 0.25) is 5.88 Å². The van der Waals surface area contributed by atoms with Crippen LogP contribution in [0.15, 0.2) is 30.3 Å². The molecule has 0 saturated carbocycles. The average Bonchev–Trinajstić information content (AvgIpc) is 2.46. The lowest BCUT2D eigenvalue weighted by atomic mass is 10.1. The second-order valence-electron chi connectivity index (χ2n) is 3.60. The molecule has 1 aromatic carbocycles. The first-order valence-electron chi connectivity index (χ1n) is 5.44. The lowest BCUT2D eigenvalue weighted by molar-refractivity contribution is 0.282. The number of hydrogen-bond acceptors (Lipinski definition) is 5. The predicted molar refractivity (Wildman–Crippen MR) is 66.5 cm³/mol. The molecular weight excluding hydrogens is 232 g/mol. The molecule has 2 aromatic rings. The van der Waals surface area contributed by atoms with E-state index in [-0.39, 0.29) is 12.6 Å². The van der Waals surface area contributed by atoms with E-state index < -0.39 is 0 Å². The molecule has 0 radical (unpaired) electrons. The summed E-state index contributed by atoms with van der Waals surface area (Å²) in [6.07, 6.45) is 0. The molecule has 2 rings (SSSR count). The normalized spacial score (nSPS) is 10.2. The van der Waals surface area contributed by atoms with Crippen molar-refractivity contribution >= 4 is 0 Å². The molecule has 94 valence electrons. The van der Waals surface area contributed by atoms with E-state index in [0.29, 0.717) is 11.6 Å². The number of methoxy groups -OCH3 is 2. The first-order valence-corrected chi connectivity index (χ1v) is 5.44. The van der Waals surface area contributed by atoms with Crippen molar-refractivity contribution in [1.29, 1.82) is 0 Å². The molecule has 0 bridgehead atoms.